The fraction of sp³-hybridized carbons (Fsp3) is 0.700. The lowest BCUT2D eigenvalue weighted by atomic mass is 10.5. The van der Waals surface area contributed by atoms with E-state index in [0.717, 1.165) is 6.42 Å². The first-order valence-electron chi connectivity index (χ1n) is 4.94. The Morgan fingerprint density at radius 3 is 2.40 bits per heavy atom. The first-order chi connectivity index (χ1) is 7.01. The van der Waals surface area contributed by atoms with Crippen molar-refractivity contribution < 1.29 is 19.0 Å². The summed E-state index contributed by atoms with van der Waals surface area (Å²) in [6.45, 7) is 7.20. The van der Waals surface area contributed by atoms with Gasteiger partial charge in [0, 0.05) is 20.3 Å². The Bertz CT molecular complexity index is 213. The lowest BCUT2D eigenvalue weighted by molar-refractivity contribution is -0.145. The van der Waals surface area contributed by atoms with Gasteiger partial charge in [-0.25, -0.2) is 4.79 Å². The lowest BCUT2D eigenvalue weighted by Crippen LogP contribution is -2.44. The van der Waals surface area contributed by atoms with Crippen molar-refractivity contribution in [1.29, 1.82) is 0 Å². The van der Waals surface area contributed by atoms with Crippen LogP contribution in [0.5, 0.6) is 0 Å². The van der Waals surface area contributed by atoms with Gasteiger partial charge in [-0.15, -0.1) is 0 Å². The summed E-state index contributed by atoms with van der Waals surface area (Å²) in [7, 11) is 2.35. The van der Waals surface area contributed by atoms with Gasteiger partial charge in [-0.1, -0.05) is 13.5 Å². The predicted octanol–water partition coefficient (Wildman–Crippen LogP) is 0.587. The van der Waals surface area contributed by atoms with Crippen LogP contribution in [0.15, 0.2) is 12.7 Å². The van der Waals surface area contributed by atoms with Crippen LogP contribution in [-0.2, 0) is 19.0 Å². The number of hydrogen-bond acceptors (Lipinski definition) is 4. The molecule has 0 aliphatic rings. The van der Waals surface area contributed by atoms with E-state index < -0.39 is 14.9 Å². The minimum absolute atomic E-state index is 0.0830. The van der Waals surface area contributed by atoms with Crippen molar-refractivity contribution in [2.24, 2.45) is 0 Å². The summed E-state index contributed by atoms with van der Waals surface area (Å²) < 4.78 is 15.7. The van der Waals surface area contributed by atoms with Gasteiger partial charge in [-0.05, 0) is 13.3 Å². The Labute approximate surface area is 93.4 Å². The van der Waals surface area contributed by atoms with E-state index in [4.69, 9.17) is 14.2 Å². The molecule has 0 bridgehead atoms. The maximum absolute atomic E-state index is 11.0. The number of carbonyl (C=O) groups is 1. The molecule has 1 unspecified atom stereocenters. The topological polar surface area (TPSA) is 44.8 Å². The van der Waals surface area contributed by atoms with Crippen LogP contribution in [0.1, 0.15) is 20.3 Å². The molecule has 88 valence electrons. The monoisotopic (exact) mass is 232 g/mol. The van der Waals surface area contributed by atoms with Crippen molar-refractivity contribution in [3.63, 3.8) is 0 Å². The second-order valence-electron chi connectivity index (χ2n) is 3.42. The van der Waals surface area contributed by atoms with Crippen LogP contribution >= 0.6 is 0 Å². The highest BCUT2D eigenvalue weighted by atomic mass is 28.2. The van der Waals surface area contributed by atoms with Crippen LogP contribution in [0.4, 0.5) is 0 Å². The molecule has 0 N–H and O–H groups in total. The van der Waals surface area contributed by atoms with Crippen LogP contribution < -0.4 is 0 Å². The first kappa shape index (κ1) is 14.3. The summed E-state index contributed by atoms with van der Waals surface area (Å²) >= 11 is 0. The molecule has 0 aliphatic heterocycles. The molecule has 4 nitrogen and oxygen atoms in total. The van der Waals surface area contributed by atoms with E-state index >= 15 is 0 Å². The van der Waals surface area contributed by atoms with Crippen molar-refractivity contribution in [2.45, 2.75) is 31.4 Å². The smallest absolute Gasteiger partial charge is 0.330 e. The fourth-order valence-corrected chi connectivity index (χ4v) is 2.84. The molecular weight excluding hydrogens is 212 g/mol. The lowest BCUT2D eigenvalue weighted by Gasteiger charge is -2.29. The highest BCUT2D eigenvalue weighted by molar-refractivity contribution is 6.40. The van der Waals surface area contributed by atoms with E-state index in [2.05, 4.69) is 6.58 Å². The van der Waals surface area contributed by atoms with E-state index in [1.54, 1.807) is 14.2 Å². The average molecular weight is 232 g/mol. The van der Waals surface area contributed by atoms with Gasteiger partial charge in [-0.3, -0.25) is 0 Å². The second-order valence-corrected chi connectivity index (χ2v) is 6.02. The maximum atomic E-state index is 11.0. The van der Waals surface area contributed by atoms with Crippen LogP contribution in [0, 0.1) is 0 Å². The summed E-state index contributed by atoms with van der Waals surface area (Å²) in [5.41, 5.74) is -0.664. The molecule has 0 spiro atoms. The molecule has 0 rings (SSSR count). The van der Waals surface area contributed by atoms with E-state index in [1.807, 2.05) is 13.8 Å². The van der Waals surface area contributed by atoms with Crippen molar-refractivity contribution in [3.8, 4) is 0 Å². The molecule has 5 heteroatoms. The summed E-state index contributed by atoms with van der Waals surface area (Å²) in [6, 6.07) is 0. The van der Waals surface area contributed by atoms with Crippen molar-refractivity contribution in [2.75, 3.05) is 14.2 Å². The van der Waals surface area contributed by atoms with Crippen LogP contribution in [0.2, 0.25) is 0 Å². The van der Waals surface area contributed by atoms with Gasteiger partial charge in [-0.2, -0.15) is 0 Å². The Morgan fingerprint density at radius 1 is 1.53 bits per heavy atom. The highest BCUT2D eigenvalue weighted by Gasteiger charge is 2.29. The highest BCUT2D eigenvalue weighted by Crippen LogP contribution is 2.12. The fourth-order valence-electron chi connectivity index (χ4n) is 1.15. The van der Waals surface area contributed by atoms with Gasteiger partial charge in [0.2, 0.25) is 0 Å². The van der Waals surface area contributed by atoms with Crippen molar-refractivity contribution in [3.05, 3.63) is 12.7 Å². The van der Waals surface area contributed by atoms with Crippen molar-refractivity contribution in [1.82, 2.24) is 0 Å². The third kappa shape index (κ3) is 5.11. The predicted molar refractivity (Wildman–Crippen MR) is 61.3 cm³/mol. The van der Waals surface area contributed by atoms with E-state index in [9.17, 15) is 4.79 Å². The molecule has 0 aliphatic carbocycles. The second kappa shape index (κ2) is 6.76. The van der Waals surface area contributed by atoms with Gasteiger partial charge in [0.25, 0.3) is 0 Å². The number of hydrogen-bond donors (Lipinski definition) is 0. The largest absolute Gasteiger partial charge is 0.464 e. The zero-order valence-corrected chi connectivity index (χ0v) is 11.3. The number of carbonyl (C=O) groups excluding carboxylic acids is 1. The zero-order chi connectivity index (χ0) is 11.9. The third-order valence-electron chi connectivity index (χ3n) is 2.37. The minimum Gasteiger partial charge on any atom is -0.464 e. The molecule has 1 atom stereocenters. The molecule has 15 heavy (non-hydrogen) atoms. The van der Waals surface area contributed by atoms with E-state index in [1.165, 1.54) is 6.08 Å². The Morgan fingerprint density at radius 2 is 2.07 bits per heavy atom. The molecule has 0 saturated heterocycles. The SMILES string of the molecule is C=CC(=O)OC(CC)[SiH2]C(C)(OC)OC. The summed E-state index contributed by atoms with van der Waals surface area (Å²) in [4.78, 5) is 11.0. The summed E-state index contributed by atoms with van der Waals surface area (Å²) in [6.07, 6.45) is 1.95. The molecule has 0 aromatic carbocycles. The molecule has 0 heterocycles. The van der Waals surface area contributed by atoms with E-state index in [-0.39, 0.29) is 11.7 Å². The number of rotatable bonds is 7. The molecule has 0 saturated carbocycles. The number of esters is 1. The van der Waals surface area contributed by atoms with Crippen LogP contribution in [-0.4, -0.2) is 40.8 Å². The van der Waals surface area contributed by atoms with Gasteiger partial charge >= 0.3 is 5.97 Å². The Kier molecular flexibility index (Phi) is 6.47. The number of methoxy groups -OCH3 is 2. The molecular formula is C10H20O4Si. The maximum Gasteiger partial charge on any atom is 0.330 e. The Balaban J connectivity index is 4.30. The van der Waals surface area contributed by atoms with Gasteiger partial charge < -0.3 is 14.2 Å². The third-order valence-corrected chi connectivity index (χ3v) is 4.89. The quantitative estimate of drug-likeness (QED) is 0.279. The molecule has 0 fully saturated rings. The molecule has 0 aromatic heterocycles. The summed E-state index contributed by atoms with van der Waals surface area (Å²) in [5.74, 6) is -0.385. The van der Waals surface area contributed by atoms with Gasteiger partial charge in [0.1, 0.15) is 14.9 Å². The standard InChI is InChI=1S/C10H20O4Si/c1-6-8(11)14-9(7-2)15-10(3,12-4)13-5/h6,9H,1,7,15H2,2-5H3. The molecule has 0 radical (unpaired) electrons. The Hall–Kier alpha value is -0.653. The molecule has 0 amide bonds. The normalized spacial score (nSPS) is 14.1. The van der Waals surface area contributed by atoms with E-state index in [0.29, 0.717) is 0 Å². The van der Waals surface area contributed by atoms with Gasteiger partial charge in [0.15, 0.2) is 0 Å². The first-order valence-corrected chi connectivity index (χ1v) is 6.47. The minimum atomic E-state index is -0.845. The zero-order valence-electron chi connectivity index (χ0n) is 9.91. The van der Waals surface area contributed by atoms with Crippen molar-refractivity contribution >= 4 is 15.5 Å². The summed E-state index contributed by atoms with van der Waals surface area (Å²) in [5, 5.41) is 0. The van der Waals surface area contributed by atoms with Gasteiger partial charge in [0.05, 0.1) is 5.73 Å². The molecule has 0 aromatic rings. The number of ether oxygens (including phenoxy) is 3. The average Bonchev–Trinajstić information content (AvgIpc) is 2.27. The van der Waals surface area contributed by atoms with Crippen LogP contribution in [0.25, 0.3) is 0 Å². The van der Waals surface area contributed by atoms with Crippen LogP contribution in [0.3, 0.4) is 0 Å².